The maximum absolute atomic E-state index is 3.32. The van der Waals surface area contributed by atoms with Gasteiger partial charge in [0.15, 0.2) is 0 Å². The summed E-state index contributed by atoms with van der Waals surface area (Å²) in [6.07, 6.45) is 2.25. The predicted octanol–water partition coefficient (Wildman–Crippen LogP) is 1.74. The number of rotatable bonds is 1. The molecule has 2 rings (SSSR count). The van der Waals surface area contributed by atoms with Gasteiger partial charge in [0.05, 0.1) is 0 Å². The molecule has 2 N–H and O–H groups in total. The van der Waals surface area contributed by atoms with E-state index in [1.165, 1.54) is 11.3 Å². The Labute approximate surface area is 72.3 Å². The highest BCUT2D eigenvalue weighted by Gasteiger charge is 2.12. The summed E-state index contributed by atoms with van der Waals surface area (Å²) in [5, 5.41) is 6.57. The van der Waals surface area contributed by atoms with Gasteiger partial charge in [0.2, 0.25) is 0 Å². The standard InChI is InChI=1S/C10H12N2/c1-8-7-11-10(12-8)9-5-3-2-4-6-9/h2-7,10-12H,1H3. The van der Waals surface area contributed by atoms with Crippen LogP contribution in [0.4, 0.5) is 0 Å². The summed E-state index contributed by atoms with van der Waals surface area (Å²) in [6.45, 7) is 2.05. The van der Waals surface area contributed by atoms with Gasteiger partial charge in [-0.15, -0.1) is 0 Å². The van der Waals surface area contributed by atoms with Crippen LogP contribution < -0.4 is 10.6 Å². The third-order valence-corrected chi connectivity index (χ3v) is 1.97. The molecule has 1 heterocycles. The van der Waals surface area contributed by atoms with Gasteiger partial charge in [-0.05, 0) is 12.5 Å². The summed E-state index contributed by atoms with van der Waals surface area (Å²) in [6, 6.07) is 10.3. The lowest BCUT2D eigenvalue weighted by molar-refractivity contribution is 0.595. The van der Waals surface area contributed by atoms with Crippen LogP contribution in [0.5, 0.6) is 0 Å². The van der Waals surface area contributed by atoms with Gasteiger partial charge in [0.1, 0.15) is 6.17 Å². The first-order valence-electron chi connectivity index (χ1n) is 4.10. The van der Waals surface area contributed by atoms with Crippen LogP contribution in [-0.2, 0) is 0 Å². The van der Waals surface area contributed by atoms with Crippen molar-refractivity contribution in [2.45, 2.75) is 13.1 Å². The van der Waals surface area contributed by atoms with Crippen molar-refractivity contribution >= 4 is 0 Å². The summed E-state index contributed by atoms with van der Waals surface area (Å²) in [7, 11) is 0. The van der Waals surface area contributed by atoms with Crippen LogP contribution in [0.2, 0.25) is 0 Å². The third kappa shape index (κ3) is 1.28. The van der Waals surface area contributed by atoms with Gasteiger partial charge in [0, 0.05) is 11.9 Å². The van der Waals surface area contributed by atoms with Crippen LogP contribution in [0.1, 0.15) is 18.7 Å². The molecular formula is C10H12N2. The maximum Gasteiger partial charge on any atom is 0.122 e. The van der Waals surface area contributed by atoms with Crippen molar-refractivity contribution < 1.29 is 0 Å². The summed E-state index contributed by atoms with van der Waals surface area (Å²) in [4.78, 5) is 0. The van der Waals surface area contributed by atoms with E-state index in [-0.39, 0.29) is 6.17 Å². The van der Waals surface area contributed by atoms with Crippen molar-refractivity contribution in [3.05, 3.63) is 47.8 Å². The van der Waals surface area contributed by atoms with Gasteiger partial charge in [0.25, 0.3) is 0 Å². The second-order valence-corrected chi connectivity index (χ2v) is 2.98. The molecular weight excluding hydrogens is 148 g/mol. The highest BCUT2D eigenvalue weighted by Crippen LogP contribution is 2.14. The lowest BCUT2D eigenvalue weighted by Gasteiger charge is -2.12. The monoisotopic (exact) mass is 160 g/mol. The number of nitrogens with one attached hydrogen (secondary N) is 2. The van der Waals surface area contributed by atoms with Crippen molar-refractivity contribution in [3.63, 3.8) is 0 Å². The Morgan fingerprint density at radius 3 is 2.50 bits per heavy atom. The van der Waals surface area contributed by atoms with E-state index in [2.05, 4.69) is 29.7 Å². The average Bonchev–Trinajstić information content (AvgIpc) is 2.54. The summed E-state index contributed by atoms with van der Waals surface area (Å²) < 4.78 is 0. The van der Waals surface area contributed by atoms with Crippen LogP contribution in [0.25, 0.3) is 0 Å². The van der Waals surface area contributed by atoms with Crippen LogP contribution in [0.15, 0.2) is 42.2 Å². The van der Waals surface area contributed by atoms with Crippen LogP contribution in [0, 0.1) is 0 Å². The smallest absolute Gasteiger partial charge is 0.122 e. The minimum Gasteiger partial charge on any atom is -0.366 e. The van der Waals surface area contributed by atoms with Gasteiger partial charge >= 0.3 is 0 Å². The molecule has 0 bridgehead atoms. The van der Waals surface area contributed by atoms with Gasteiger partial charge in [-0.2, -0.15) is 0 Å². The molecule has 1 aliphatic rings. The summed E-state index contributed by atoms with van der Waals surface area (Å²) in [5.74, 6) is 0. The molecule has 0 saturated carbocycles. The molecule has 2 heteroatoms. The second kappa shape index (κ2) is 2.89. The molecule has 0 aliphatic carbocycles. The molecule has 0 amide bonds. The highest BCUT2D eigenvalue weighted by atomic mass is 15.2. The number of hydrogen-bond acceptors (Lipinski definition) is 2. The van der Waals surface area contributed by atoms with Crippen molar-refractivity contribution in [2.75, 3.05) is 0 Å². The Hall–Kier alpha value is -1.44. The zero-order valence-electron chi connectivity index (χ0n) is 7.04. The zero-order chi connectivity index (χ0) is 8.39. The van der Waals surface area contributed by atoms with E-state index in [0.29, 0.717) is 0 Å². The molecule has 62 valence electrons. The van der Waals surface area contributed by atoms with Gasteiger partial charge < -0.3 is 10.6 Å². The number of allylic oxidation sites excluding steroid dienone is 1. The molecule has 1 aromatic carbocycles. The van der Waals surface area contributed by atoms with Gasteiger partial charge in [-0.25, -0.2) is 0 Å². The summed E-state index contributed by atoms with van der Waals surface area (Å²) >= 11 is 0. The van der Waals surface area contributed by atoms with Crippen molar-refractivity contribution in [2.24, 2.45) is 0 Å². The van der Waals surface area contributed by atoms with E-state index in [9.17, 15) is 0 Å². The van der Waals surface area contributed by atoms with Crippen LogP contribution >= 0.6 is 0 Å². The van der Waals surface area contributed by atoms with Crippen molar-refractivity contribution in [1.82, 2.24) is 10.6 Å². The fourth-order valence-electron chi connectivity index (χ4n) is 1.34. The molecule has 1 aliphatic heterocycles. The first-order chi connectivity index (χ1) is 5.86. The summed E-state index contributed by atoms with van der Waals surface area (Å²) in [5.41, 5.74) is 2.45. The molecule has 0 spiro atoms. The highest BCUT2D eigenvalue weighted by molar-refractivity contribution is 5.22. The topological polar surface area (TPSA) is 24.1 Å². The Morgan fingerprint density at radius 2 is 1.92 bits per heavy atom. The molecule has 12 heavy (non-hydrogen) atoms. The minimum absolute atomic E-state index is 0.256. The quantitative estimate of drug-likeness (QED) is 0.654. The Bertz CT molecular complexity index is 290. The van der Waals surface area contributed by atoms with Crippen LogP contribution in [0.3, 0.4) is 0 Å². The fraction of sp³-hybridized carbons (Fsp3) is 0.200. The van der Waals surface area contributed by atoms with Crippen LogP contribution in [-0.4, -0.2) is 0 Å². The Balaban J connectivity index is 2.14. The second-order valence-electron chi connectivity index (χ2n) is 2.98. The molecule has 1 aromatic rings. The molecule has 2 nitrogen and oxygen atoms in total. The van der Waals surface area contributed by atoms with Crippen molar-refractivity contribution in [3.8, 4) is 0 Å². The zero-order valence-corrected chi connectivity index (χ0v) is 7.04. The Kier molecular flexibility index (Phi) is 1.74. The molecule has 1 atom stereocenters. The van der Waals surface area contributed by atoms with Gasteiger partial charge in [-0.3, -0.25) is 0 Å². The van der Waals surface area contributed by atoms with E-state index in [1.54, 1.807) is 0 Å². The number of hydrogen-bond donors (Lipinski definition) is 2. The lowest BCUT2D eigenvalue weighted by Crippen LogP contribution is -2.21. The molecule has 1 unspecified atom stereocenters. The van der Waals surface area contributed by atoms with Gasteiger partial charge in [-0.1, -0.05) is 30.3 Å². The minimum atomic E-state index is 0.256. The first kappa shape index (κ1) is 7.22. The largest absolute Gasteiger partial charge is 0.366 e. The maximum atomic E-state index is 3.32. The molecule has 0 radical (unpaired) electrons. The Morgan fingerprint density at radius 1 is 1.17 bits per heavy atom. The van der Waals surface area contributed by atoms with E-state index < -0.39 is 0 Å². The molecule has 0 saturated heterocycles. The van der Waals surface area contributed by atoms with Crippen molar-refractivity contribution in [1.29, 1.82) is 0 Å². The first-order valence-corrected chi connectivity index (χ1v) is 4.10. The fourth-order valence-corrected chi connectivity index (χ4v) is 1.34. The van der Waals surface area contributed by atoms with E-state index in [1.807, 2.05) is 24.4 Å². The molecule has 0 fully saturated rings. The SMILES string of the molecule is CC1=CNC(c2ccccc2)N1. The average molecular weight is 160 g/mol. The predicted molar refractivity (Wildman–Crippen MR) is 49.2 cm³/mol. The normalized spacial score (nSPS) is 21.1. The van der Waals surface area contributed by atoms with E-state index >= 15 is 0 Å². The number of benzene rings is 1. The third-order valence-electron chi connectivity index (χ3n) is 1.97. The lowest BCUT2D eigenvalue weighted by atomic mass is 10.2. The van der Waals surface area contributed by atoms with E-state index in [0.717, 1.165) is 0 Å². The van der Waals surface area contributed by atoms with E-state index in [4.69, 9.17) is 0 Å². The molecule has 0 aromatic heterocycles.